The third kappa shape index (κ3) is 3.58. The summed E-state index contributed by atoms with van der Waals surface area (Å²) in [5.74, 6) is 2.39. The van der Waals surface area contributed by atoms with Gasteiger partial charge in [-0.1, -0.05) is 0 Å². The normalized spacial score (nSPS) is 19.7. The van der Waals surface area contributed by atoms with E-state index in [0.717, 1.165) is 75.6 Å². The Morgan fingerprint density at radius 2 is 1.78 bits per heavy atom. The maximum Gasteiger partial charge on any atom is 0.257 e. The number of carbonyl (C=O) groups is 1. The summed E-state index contributed by atoms with van der Waals surface area (Å²) < 4.78 is 17.5. The van der Waals surface area contributed by atoms with E-state index in [9.17, 15) is 4.79 Å². The number of piperidine rings is 1. The van der Waals surface area contributed by atoms with Gasteiger partial charge in [-0.15, -0.1) is 0 Å². The second-order valence-electron chi connectivity index (χ2n) is 8.82. The van der Waals surface area contributed by atoms with E-state index >= 15 is 0 Å². The summed E-state index contributed by atoms with van der Waals surface area (Å²) in [5.41, 5.74) is 2.85. The first kappa shape index (κ1) is 21.1. The van der Waals surface area contributed by atoms with E-state index in [1.807, 2.05) is 17.0 Å². The number of anilines is 1. The lowest BCUT2D eigenvalue weighted by atomic mass is 9.79. The molecule has 2 aromatic rings. The van der Waals surface area contributed by atoms with E-state index in [-0.39, 0.29) is 11.5 Å². The number of nitrogens with zero attached hydrogens (tertiary/aromatic N) is 3. The number of benzene rings is 1. The number of hydrogen-bond donors (Lipinski definition) is 0. The van der Waals surface area contributed by atoms with Gasteiger partial charge in [0.1, 0.15) is 5.82 Å². The van der Waals surface area contributed by atoms with Gasteiger partial charge in [-0.25, -0.2) is 4.98 Å². The number of amides is 1. The summed E-state index contributed by atoms with van der Waals surface area (Å²) in [4.78, 5) is 21.9. The predicted octanol–water partition coefficient (Wildman–Crippen LogP) is 3.40. The molecule has 1 amide bonds. The Labute approximate surface area is 189 Å². The molecule has 1 spiro atoms. The van der Waals surface area contributed by atoms with Crippen LogP contribution in [0.4, 0.5) is 5.82 Å². The van der Waals surface area contributed by atoms with Gasteiger partial charge in [-0.2, -0.15) is 0 Å². The molecule has 32 heavy (non-hydrogen) atoms. The Balaban J connectivity index is 1.40. The van der Waals surface area contributed by atoms with Crippen molar-refractivity contribution in [1.82, 2.24) is 9.88 Å². The number of fused-ring (bicyclic) bond motifs is 2. The summed E-state index contributed by atoms with van der Waals surface area (Å²) >= 11 is 0. The highest BCUT2D eigenvalue weighted by Gasteiger charge is 2.42. The van der Waals surface area contributed by atoms with E-state index in [1.54, 1.807) is 20.4 Å². The fourth-order valence-electron chi connectivity index (χ4n) is 5.39. The van der Waals surface area contributed by atoms with Crippen molar-refractivity contribution in [2.75, 3.05) is 51.9 Å². The number of rotatable bonds is 4. The molecule has 0 aliphatic carbocycles. The first-order valence-corrected chi connectivity index (χ1v) is 11.5. The molecule has 2 fully saturated rings. The number of carbonyl (C=O) groups excluding carboxylic acids is 1. The largest absolute Gasteiger partial charge is 0.493 e. The van der Waals surface area contributed by atoms with Crippen LogP contribution in [-0.4, -0.2) is 62.8 Å². The van der Waals surface area contributed by atoms with Crippen molar-refractivity contribution in [2.45, 2.75) is 37.7 Å². The molecule has 1 aromatic heterocycles. The van der Waals surface area contributed by atoms with Crippen LogP contribution < -0.4 is 14.4 Å². The number of methoxy groups -OCH3 is 2. The molecule has 4 heterocycles. The molecule has 0 bridgehead atoms. The van der Waals surface area contributed by atoms with E-state index in [0.29, 0.717) is 12.2 Å². The van der Waals surface area contributed by atoms with E-state index in [1.165, 1.54) is 11.1 Å². The van der Waals surface area contributed by atoms with Gasteiger partial charge in [-0.3, -0.25) is 4.79 Å². The minimum absolute atomic E-state index is 0.0991. The van der Waals surface area contributed by atoms with Gasteiger partial charge in [0.25, 0.3) is 5.91 Å². The molecule has 0 atom stereocenters. The molecule has 1 aromatic carbocycles. The van der Waals surface area contributed by atoms with Crippen molar-refractivity contribution in [2.24, 2.45) is 0 Å². The van der Waals surface area contributed by atoms with Gasteiger partial charge < -0.3 is 24.0 Å². The van der Waals surface area contributed by atoms with Gasteiger partial charge in [-0.05, 0) is 67.5 Å². The van der Waals surface area contributed by atoms with Gasteiger partial charge in [0.15, 0.2) is 11.5 Å². The minimum atomic E-state index is -0.336. The van der Waals surface area contributed by atoms with Gasteiger partial charge in [0, 0.05) is 32.4 Å². The fraction of sp³-hybridized carbons (Fsp3) is 0.520. The molecule has 7 nitrogen and oxygen atoms in total. The molecule has 2 saturated heterocycles. The second kappa shape index (κ2) is 8.62. The monoisotopic (exact) mass is 437 g/mol. The molecular formula is C25H31N3O4. The zero-order valence-corrected chi connectivity index (χ0v) is 18.9. The van der Waals surface area contributed by atoms with Crippen LogP contribution in [0.25, 0.3) is 0 Å². The lowest BCUT2D eigenvalue weighted by Crippen LogP contribution is -2.47. The SMILES string of the molecule is COc1cc2c(cc1OC)C1(CCN(c3ncccc3C(=O)N3CCCC3)CC1)OCC2. The maximum absolute atomic E-state index is 13.1. The van der Waals surface area contributed by atoms with Gasteiger partial charge in [0.05, 0.1) is 32.0 Å². The van der Waals surface area contributed by atoms with Crippen molar-refractivity contribution in [1.29, 1.82) is 0 Å². The molecule has 170 valence electrons. The van der Waals surface area contributed by atoms with Gasteiger partial charge >= 0.3 is 0 Å². The Morgan fingerprint density at radius 1 is 1.06 bits per heavy atom. The van der Waals surface area contributed by atoms with E-state index in [2.05, 4.69) is 22.0 Å². The number of pyridine rings is 1. The third-order valence-electron chi connectivity index (χ3n) is 7.13. The topological polar surface area (TPSA) is 64.1 Å². The molecule has 0 unspecified atom stereocenters. The molecule has 5 rings (SSSR count). The van der Waals surface area contributed by atoms with Gasteiger partial charge in [0.2, 0.25) is 0 Å². The Hall–Kier alpha value is -2.80. The highest BCUT2D eigenvalue weighted by molar-refractivity contribution is 5.99. The van der Waals surface area contributed by atoms with Crippen LogP contribution in [0, 0.1) is 0 Å². The summed E-state index contributed by atoms with van der Waals surface area (Å²) in [6.07, 6.45) is 6.49. The Morgan fingerprint density at radius 3 is 2.50 bits per heavy atom. The average Bonchev–Trinajstić information content (AvgIpc) is 3.39. The summed E-state index contributed by atoms with van der Waals surface area (Å²) in [5, 5.41) is 0. The number of aromatic nitrogens is 1. The molecule has 0 saturated carbocycles. The molecule has 3 aliphatic heterocycles. The van der Waals surface area contributed by atoms with Crippen molar-refractivity contribution >= 4 is 11.7 Å². The average molecular weight is 438 g/mol. The predicted molar refractivity (Wildman–Crippen MR) is 122 cm³/mol. The smallest absolute Gasteiger partial charge is 0.257 e. The minimum Gasteiger partial charge on any atom is -0.493 e. The van der Waals surface area contributed by atoms with Crippen LogP contribution in [0.1, 0.15) is 47.2 Å². The molecule has 7 heteroatoms. The van der Waals surface area contributed by atoms with E-state index < -0.39 is 0 Å². The lowest BCUT2D eigenvalue weighted by Gasteiger charge is -2.45. The van der Waals surface area contributed by atoms with Crippen molar-refractivity contribution < 1.29 is 19.0 Å². The van der Waals surface area contributed by atoms with Crippen LogP contribution >= 0.6 is 0 Å². The zero-order chi connectivity index (χ0) is 22.1. The first-order chi connectivity index (χ1) is 15.6. The fourth-order valence-corrected chi connectivity index (χ4v) is 5.39. The molecule has 0 N–H and O–H groups in total. The van der Waals surface area contributed by atoms with Crippen molar-refractivity contribution in [3.63, 3.8) is 0 Å². The highest BCUT2D eigenvalue weighted by atomic mass is 16.5. The zero-order valence-electron chi connectivity index (χ0n) is 18.9. The van der Waals surface area contributed by atoms with Crippen LogP contribution in [-0.2, 0) is 16.8 Å². The van der Waals surface area contributed by atoms with Crippen LogP contribution in [0.2, 0.25) is 0 Å². The molecule has 0 radical (unpaired) electrons. The maximum atomic E-state index is 13.1. The summed E-state index contributed by atoms with van der Waals surface area (Å²) in [6.45, 7) is 3.94. The standard InChI is InChI=1S/C25H31N3O4/c1-30-21-16-18-7-15-32-25(20(18)17-22(21)31-2)8-13-27(14-9-25)23-19(6-5-10-26-23)24(29)28-11-3-4-12-28/h5-6,10,16-17H,3-4,7-9,11-15H2,1-2H3. The van der Waals surface area contributed by atoms with E-state index in [4.69, 9.17) is 14.2 Å². The van der Waals surface area contributed by atoms with Crippen LogP contribution in [0.5, 0.6) is 11.5 Å². The summed E-state index contributed by atoms with van der Waals surface area (Å²) in [6, 6.07) is 7.96. The quantitative estimate of drug-likeness (QED) is 0.731. The van der Waals surface area contributed by atoms with Crippen molar-refractivity contribution in [3.8, 4) is 11.5 Å². The first-order valence-electron chi connectivity index (χ1n) is 11.5. The molecular weight excluding hydrogens is 406 g/mol. The van der Waals surface area contributed by atoms with Crippen molar-refractivity contribution in [3.05, 3.63) is 47.2 Å². The second-order valence-corrected chi connectivity index (χ2v) is 8.82. The number of hydrogen-bond acceptors (Lipinski definition) is 6. The van der Waals surface area contributed by atoms with Crippen LogP contribution in [0.3, 0.4) is 0 Å². The lowest BCUT2D eigenvalue weighted by molar-refractivity contribution is -0.0768. The van der Waals surface area contributed by atoms with Crippen LogP contribution in [0.15, 0.2) is 30.5 Å². The third-order valence-corrected chi connectivity index (χ3v) is 7.13. The highest BCUT2D eigenvalue weighted by Crippen LogP contribution is 2.45. The number of ether oxygens (including phenoxy) is 3. The Kier molecular flexibility index (Phi) is 5.67. The Bertz CT molecular complexity index is 995. The number of likely N-dealkylation sites (tertiary alicyclic amines) is 1. The molecule has 3 aliphatic rings. The summed E-state index contributed by atoms with van der Waals surface area (Å²) in [7, 11) is 3.34.